The number of aromatic nitrogens is 2. The molecule has 1 rings (SSSR count). The topological polar surface area (TPSA) is 155 Å². The summed E-state index contributed by atoms with van der Waals surface area (Å²) in [4.78, 5) is 33.8. The molecule has 2 N–H and O–H groups in total. The van der Waals surface area contributed by atoms with Gasteiger partial charge in [0, 0.05) is 14.7 Å². The van der Waals surface area contributed by atoms with Crippen molar-refractivity contribution >= 4 is 39.3 Å². The van der Waals surface area contributed by atoms with Gasteiger partial charge in [0.25, 0.3) is 5.88 Å². The number of aliphatic carboxylic acids is 1. The molecule has 0 saturated carbocycles. The molecule has 0 saturated heterocycles. The molecule has 1 heterocycles. The SMILES string of the molecule is CC(C)(C)OC(=O)N[C@@H](COc1c([N+](=O)[O-])cnn1COCC[Si](C)(C)C)C(=O)O.S. The molecular formula is C17H32N4O8SSi. The molecular weight excluding hydrogens is 448 g/mol. The number of ether oxygens (including phenoxy) is 3. The first-order valence-electron chi connectivity index (χ1n) is 9.32. The lowest BCUT2D eigenvalue weighted by Crippen LogP contribution is -2.46. The van der Waals surface area contributed by atoms with Crippen molar-refractivity contribution < 1.29 is 33.8 Å². The highest BCUT2D eigenvalue weighted by atomic mass is 32.1. The number of nitrogens with one attached hydrogen (secondary N) is 1. The highest BCUT2D eigenvalue weighted by molar-refractivity contribution is 7.59. The molecule has 178 valence electrons. The number of carboxylic acids is 1. The van der Waals surface area contributed by atoms with Gasteiger partial charge in [-0.05, 0) is 26.8 Å². The van der Waals surface area contributed by atoms with Gasteiger partial charge in [-0.3, -0.25) is 10.1 Å². The van der Waals surface area contributed by atoms with Crippen LogP contribution in [0.1, 0.15) is 20.8 Å². The number of nitro groups is 1. The normalized spacial score (nSPS) is 12.5. The van der Waals surface area contributed by atoms with Gasteiger partial charge in [0.2, 0.25) is 0 Å². The second kappa shape index (κ2) is 11.9. The number of hydrogen-bond donors (Lipinski definition) is 2. The van der Waals surface area contributed by atoms with E-state index in [2.05, 4.69) is 30.1 Å². The summed E-state index contributed by atoms with van der Waals surface area (Å²) < 4.78 is 17.0. The molecule has 0 aromatic carbocycles. The maximum Gasteiger partial charge on any atom is 0.408 e. The van der Waals surface area contributed by atoms with Crippen LogP contribution in [0.2, 0.25) is 25.7 Å². The highest BCUT2D eigenvalue weighted by Gasteiger charge is 2.28. The summed E-state index contributed by atoms with van der Waals surface area (Å²) in [5, 5.41) is 26.6. The minimum absolute atomic E-state index is 0. The minimum atomic E-state index is -1.49. The Kier molecular flexibility index (Phi) is 11.0. The Balaban J connectivity index is 0.00000900. The molecule has 1 aromatic rings. The van der Waals surface area contributed by atoms with E-state index in [1.54, 1.807) is 20.8 Å². The Bertz CT molecular complexity index is 760. The number of carbonyl (C=O) groups excluding carboxylic acids is 1. The maximum absolute atomic E-state index is 11.8. The third-order valence-corrected chi connectivity index (χ3v) is 5.26. The fraction of sp³-hybridized carbons (Fsp3) is 0.706. The highest BCUT2D eigenvalue weighted by Crippen LogP contribution is 2.26. The number of carbonyl (C=O) groups is 2. The zero-order valence-corrected chi connectivity index (χ0v) is 20.6. The van der Waals surface area contributed by atoms with E-state index in [4.69, 9.17) is 14.2 Å². The molecule has 12 nitrogen and oxygen atoms in total. The van der Waals surface area contributed by atoms with Gasteiger partial charge in [0.05, 0.1) is 4.92 Å². The van der Waals surface area contributed by atoms with Crippen LogP contribution < -0.4 is 10.1 Å². The van der Waals surface area contributed by atoms with Crippen LogP contribution in [0.5, 0.6) is 5.88 Å². The first-order valence-corrected chi connectivity index (χ1v) is 13.0. The van der Waals surface area contributed by atoms with Crippen molar-refractivity contribution in [2.45, 2.75) is 64.8 Å². The lowest BCUT2D eigenvalue weighted by molar-refractivity contribution is -0.386. The van der Waals surface area contributed by atoms with Crippen LogP contribution in [-0.4, -0.2) is 64.8 Å². The molecule has 1 amide bonds. The van der Waals surface area contributed by atoms with E-state index in [1.165, 1.54) is 0 Å². The average molecular weight is 481 g/mol. The number of amides is 1. The Hall–Kier alpha value is -2.32. The monoisotopic (exact) mass is 480 g/mol. The van der Waals surface area contributed by atoms with Crippen LogP contribution in [0.15, 0.2) is 6.20 Å². The third-order valence-electron chi connectivity index (χ3n) is 3.56. The first kappa shape index (κ1) is 28.7. The summed E-state index contributed by atoms with van der Waals surface area (Å²) in [6, 6.07) is -0.594. The number of alkyl carbamates (subject to hydrolysis) is 1. The number of carboxylic acid groups (broad SMARTS) is 1. The van der Waals surface area contributed by atoms with Crippen LogP contribution in [0.3, 0.4) is 0 Å². The summed E-state index contributed by atoms with van der Waals surface area (Å²) in [7, 11) is -1.31. The molecule has 0 unspecified atom stereocenters. The predicted octanol–water partition coefficient (Wildman–Crippen LogP) is 2.57. The molecule has 1 aromatic heterocycles. The molecule has 0 radical (unpaired) electrons. The quantitative estimate of drug-likeness (QED) is 0.210. The van der Waals surface area contributed by atoms with Gasteiger partial charge in [-0.1, -0.05) is 19.6 Å². The molecule has 1 atom stereocenters. The zero-order valence-electron chi connectivity index (χ0n) is 18.6. The number of hydrogen-bond acceptors (Lipinski definition) is 8. The van der Waals surface area contributed by atoms with Crippen LogP contribution in [0.25, 0.3) is 0 Å². The van der Waals surface area contributed by atoms with Crippen LogP contribution >= 0.6 is 13.5 Å². The molecule has 0 spiro atoms. The van der Waals surface area contributed by atoms with Gasteiger partial charge in [0.15, 0.2) is 6.04 Å². The fourth-order valence-corrected chi connectivity index (χ4v) is 2.80. The van der Waals surface area contributed by atoms with E-state index < -0.39 is 49.0 Å². The van der Waals surface area contributed by atoms with Crippen molar-refractivity contribution in [2.24, 2.45) is 0 Å². The van der Waals surface area contributed by atoms with Gasteiger partial charge < -0.3 is 24.6 Å². The summed E-state index contributed by atoms with van der Waals surface area (Å²) in [6.45, 7) is 11.2. The van der Waals surface area contributed by atoms with E-state index in [1.807, 2.05) is 0 Å². The summed E-state index contributed by atoms with van der Waals surface area (Å²) in [5.74, 6) is -1.65. The van der Waals surface area contributed by atoms with E-state index in [0.29, 0.717) is 6.61 Å². The molecule has 0 fully saturated rings. The molecule has 31 heavy (non-hydrogen) atoms. The van der Waals surface area contributed by atoms with Crippen LogP contribution in [-0.2, 0) is 21.0 Å². The van der Waals surface area contributed by atoms with Crippen molar-refractivity contribution in [1.29, 1.82) is 0 Å². The predicted molar refractivity (Wildman–Crippen MR) is 120 cm³/mol. The van der Waals surface area contributed by atoms with Crippen molar-refractivity contribution in [2.75, 3.05) is 13.2 Å². The molecule has 0 aliphatic heterocycles. The zero-order chi connectivity index (χ0) is 23.1. The van der Waals surface area contributed by atoms with Crippen molar-refractivity contribution in [3.05, 3.63) is 16.3 Å². The number of nitrogens with zero attached hydrogens (tertiary/aromatic N) is 3. The Morgan fingerprint density at radius 3 is 2.45 bits per heavy atom. The lowest BCUT2D eigenvalue weighted by atomic mass is 10.2. The Morgan fingerprint density at radius 2 is 1.97 bits per heavy atom. The van der Waals surface area contributed by atoms with E-state index in [0.717, 1.165) is 16.9 Å². The molecule has 0 aliphatic carbocycles. The summed E-state index contributed by atoms with van der Waals surface area (Å²) in [6.07, 6.45) is 0.0463. The summed E-state index contributed by atoms with van der Waals surface area (Å²) in [5.41, 5.74) is -1.26. The van der Waals surface area contributed by atoms with Gasteiger partial charge >= 0.3 is 17.7 Å². The van der Waals surface area contributed by atoms with Gasteiger partial charge in [-0.2, -0.15) is 18.6 Å². The average Bonchev–Trinajstić information content (AvgIpc) is 2.95. The smallest absolute Gasteiger partial charge is 0.408 e. The van der Waals surface area contributed by atoms with E-state index in [9.17, 15) is 24.8 Å². The van der Waals surface area contributed by atoms with Crippen LogP contribution in [0.4, 0.5) is 10.5 Å². The molecule has 14 heteroatoms. The van der Waals surface area contributed by atoms with E-state index >= 15 is 0 Å². The van der Waals surface area contributed by atoms with Gasteiger partial charge in [-0.15, -0.1) is 0 Å². The Morgan fingerprint density at radius 1 is 1.35 bits per heavy atom. The summed E-state index contributed by atoms with van der Waals surface area (Å²) >= 11 is 0. The fourth-order valence-electron chi connectivity index (χ4n) is 2.05. The third kappa shape index (κ3) is 11.0. The van der Waals surface area contributed by atoms with Gasteiger partial charge in [-0.25, -0.2) is 14.3 Å². The van der Waals surface area contributed by atoms with Crippen molar-refractivity contribution in [1.82, 2.24) is 15.1 Å². The molecule has 0 aliphatic rings. The second-order valence-electron chi connectivity index (χ2n) is 8.79. The number of rotatable bonds is 11. The van der Waals surface area contributed by atoms with Gasteiger partial charge in [0.1, 0.15) is 25.1 Å². The van der Waals surface area contributed by atoms with E-state index in [-0.39, 0.29) is 26.1 Å². The minimum Gasteiger partial charge on any atom is -0.480 e. The Labute approximate surface area is 188 Å². The maximum atomic E-state index is 11.8. The standard InChI is InChI=1S/C17H30N4O8Si.H2S/c1-17(2,3)29-16(24)19-12(15(22)23)10-28-14-13(21(25)26)9-18-20(14)11-27-7-8-30(4,5)6;/h9,12H,7-8,10-11H2,1-6H3,(H,19,24)(H,22,23);1H2/t12-;/m0./s1. The van der Waals surface area contributed by atoms with Crippen LogP contribution in [0, 0.1) is 10.1 Å². The first-order chi connectivity index (χ1) is 13.7. The largest absolute Gasteiger partial charge is 0.480 e. The second-order valence-corrected chi connectivity index (χ2v) is 14.4. The molecule has 0 bridgehead atoms. The van der Waals surface area contributed by atoms with Crippen molar-refractivity contribution in [3.63, 3.8) is 0 Å². The van der Waals surface area contributed by atoms with Crippen molar-refractivity contribution in [3.8, 4) is 5.88 Å². The lowest BCUT2D eigenvalue weighted by Gasteiger charge is -2.22.